The van der Waals surface area contributed by atoms with Gasteiger partial charge in [0.15, 0.2) is 0 Å². The summed E-state index contributed by atoms with van der Waals surface area (Å²) in [5.41, 5.74) is 18.4. The van der Waals surface area contributed by atoms with E-state index >= 15 is 0 Å². The molecule has 1 aliphatic carbocycles. The van der Waals surface area contributed by atoms with E-state index in [1.807, 2.05) is 91.2 Å². The third-order valence-corrected chi connectivity index (χ3v) is 13.1. The number of nitrogens with zero attached hydrogens (tertiary/aromatic N) is 1. The Kier molecular flexibility index (Phi) is 11.1. The molecule has 0 amide bonds. The van der Waals surface area contributed by atoms with Crippen molar-refractivity contribution in [1.82, 2.24) is 5.32 Å². The van der Waals surface area contributed by atoms with Gasteiger partial charge in [-0.3, -0.25) is 10.4 Å². The largest absolute Gasteiger partial charge is 0.354 e. The Bertz CT molecular complexity index is 3420. The second-order valence-corrected chi connectivity index (χ2v) is 17.1. The zero-order valence-corrected chi connectivity index (χ0v) is 37.3. The molecule has 0 radical (unpaired) electrons. The Labute approximate surface area is 397 Å². The molecule has 0 bridgehead atoms. The fourth-order valence-electron chi connectivity index (χ4n) is 9.89. The van der Waals surface area contributed by atoms with Gasteiger partial charge in [0.25, 0.3) is 0 Å². The van der Waals surface area contributed by atoms with Crippen molar-refractivity contribution in [3.63, 3.8) is 0 Å². The van der Waals surface area contributed by atoms with Crippen LogP contribution in [-0.4, -0.2) is 17.6 Å². The van der Waals surface area contributed by atoms with E-state index in [1.165, 1.54) is 33.4 Å². The maximum Gasteiger partial charge on any atom is 0.0723 e. The minimum Gasteiger partial charge on any atom is -0.354 e. The van der Waals surface area contributed by atoms with Crippen molar-refractivity contribution in [2.75, 3.05) is 0 Å². The van der Waals surface area contributed by atoms with E-state index in [9.17, 15) is 10.8 Å². The molecule has 0 saturated heterocycles. The Hall–Kier alpha value is -8.99. The number of benzene rings is 9. The molecule has 2 aliphatic rings. The third kappa shape index (κ3) is 7.64. The van der Waals surface area contributed by atoms with Gasteiger partial charge in [0.05, 0.1) is 28.2 Å². The first-order valence-corrected chi connectivity index (χ1v) is 22.9. The van der Waals surface area contributed by atoms with Crippen LogP contribution in [0, 0.1) is 10.8 Å². The zero-order valence-electron chi connectivity index (χ0n) is 37.3. The molecule has 0 saturated carbocycles. The average Bonchev–Trinajstić information content (AvgIpc) is 3.71. The lowest BCUT2D eigenvalue weighted by Crippen LogP contribution is -2.28. The minimum atomic E-state index is -0.566. The second-order valence-electron chi connectivity index (χ2n) is 17.1. The Balaban J connectivity index is 0.988. The molecule has 4 heteroatoms. The highest BCUT2D eigenvalue weighted by Gasteiger charge is 2.46. The van der Waals surface area contributed by atoms with Crippen LogP contribution in [0.2, 0.25) is 0 Å². The van der Waals surface area contributed by atoms with E-state index in [0.717, 1.165) is 61.5 Å². The standard InChI is InChI=1S/C64H46N4/c65-58(45-20-6-1-7-21-45)42-59(50-38-39-55-54-32-18-19-33-56(54)64(57(55)40-50,51-27-12-4-13-28-51)52-29-14-5-15-30-52)67-43-44-34-36-46(37-35-44)60-41-49-26-16-17-31-53(49)63(68-60)61(47-22-8-2-9-23-47)62(66)48-24-10-3-11-25-48/h1-43,65-66,68H/b59-42-,63-61-,65-58?,66-62?,67-43?. The quantitative estimate of drug-likeness (QED) is 0.111. The topological polar surface area (TPSA) is 72.1 Å². The number of rotatable bonds is 11. The lowest BCUT2D eigenvalue weighted by Gasteiger charge is -2.34. The molecule has 4 nitrogen and oxygen atoms in total. The average molecular weight is 871 g/mol. The summed E-state index contributed by atoms with van der Waals surface area (Å²) in [4.78, 5) is 5.22. The number of allylic oxidation sites excluding steroid dienone is 2. The minimum absolute atomic E-state index is 0.379. The molecule has 0 unspecified atom stereocenters. The van der Waals surface area contributed by atoms with E-state index < -0.39 is 5.41 Å². The summed E-state index contributed by atoms with van der Waals surface area (Å²) in [5, 5.41) is 22.6. The van der Waals surface area contributed by atoms with Crippen LogP contribution in [0.3, 0.4) is 0 Å². The van der Waals surface area contributed by atoms with Gasteiger partial charge >= 0.3 is 0 Å². The highest BCUT2D eigenvalue weighted by molar-refractivity contribution is 6.36. The van der Waals surface area contributed by atoms with Crippen molar-refractivity contribution in [3.05, 3.63) is 315 Å². The van der Waals surface area contributed by atoms with Crippen molar-refractivity contribution in [3.8, 4) is 11.1 Å². The van der Waals surface area contributed by atoms with Crippen molar-refractivity contribution >= 4 is 46.4 Å². The monoisotopic (exact) mass is 870 g/mol. The van der Waals surface area contributed by atoms with Gasteiger partial charge in [-0.2, -0.15) is 0 Å². The molecular weight excluding hydrogens is 825 g/mol. The van der Waals surface area contributed by atoms with Crippen LogP contribution in [0.4, 0.5) is 0 Å². The number of aliphatic imine (C=N–C) groups is 1. The Morgan fingerprint density at radius 3 is 1.63 bits per heavy atom. The molecule has 0 atom stereocenters. The Morgan fingerprint density at radius 2 is 0.985 bits per heavy atom. The molecule has 9 aromatic rings. The SMILES string of the molecule is N=C(/C=C(\N=Cc1ccc(C2=Cc3ccccc3/C(=C(/C(=N)c3ccccc3)c3ccccc3)N2)cc1)c1ccc2c(c1)C(c1ccccc1)(c1ccccc1)c1ccccc1-2)c1ccccc1. The summed E-state index contributed by atoms with van der Waals surface area (Å²) in [7, 11) is 0. The summed E-state index contributed by atoms with van der Waals surface area (Å²) < 4.78 is 0. The molecule has 9 aromatic carbocycles. The molecule has 1 aliphatic heterocycles. The predicted molar refractivity (Wildman–Crippen MR) is 283 cm³/mol. The van der Waals surface area contributed by atoms with Crippen molar-refractivity contribution in [1.29, 1.82) is 10.8 Å². The Morgan fingerprint density at radius 1 is 0.456 bits per heavy atom. The smallest absolute Gasteiger partial charge is 0.0723 e. The summed E-state index contributed by atoms with van der Waals surface area (Å²) in [6.45, 7) is 0. The highest BCUT2D eigenvalue weighted by atomic mass is 14.9. The molecule has 3 N–H and O–H groups in total. The normalized spacial score (nSPS) is 14.2. The molecule has 1 heterocycles. The van der Waals surface area contributed by atoms with E-state index in [2.05, 4.69) is 175 Å². The summed E-state index contributed by atoms with van der Waals surface area (Å²) in [5.74, 6) is 0. The van der Waals surface area contributed by atoms with Gasteiger partial charge in [0, 0.05) is 34.2 Å². The summed E-state index contributed by atoms with van der Waals surface area (Å²) in [6, 6.07) is 83.8. The first kappa shape index (κ1) is 41.7. The molecule has 0 spiro atoms. The second kappa shape index (κ2) is 18.1. The zero-order chi connectivity index (χ0) is 45.9. The van der Waals surface area contributed by atoms with Crippen LogP contribution in [0.25, 0.3) is 39.9 Å². The maximum atomic E-state index is 9.55. The number of hydrogen-bond acceptors (Lipinski definition) is 4. The van der Waals surface area contributed by atoms with Crippen molar-refractivity contribution in [2.24, 2.45) is 4.99 Å². The van der Waals surface area contributed by atoms with Crippen LogP contribution in [0.15, 0.2) is 254 Å². The summed E-state index contributed by atoms with van der Waals surface area (Å²) in [6.07, 6.45) is 5.97. The van der Waals surface area contributed by atoms with E-state index in [-0.39, 0.29) is 0 Å². The highest BCUT2D eigenvalue weighted by Crippen LogP contribution is 2.56. The van der Waals surface area contributed by atoms with Crippen LogP contribution < -0.4 is 5.32 Å². The van der Waals surface area contributed by atoms with Gasteiger partial charge in [-0.1, -0.05) is 237 Å². The first-order valence-electron chi connectivity index (χ1n) is 22.9. The van der Waals surface area contributed by atoms with Crippen LogP contribution in [-0.2, 0) is 5.41 Å². The first-order chi connectivity index (χ1) is 33.6. The fraction of sp³-hybridized carbons (Fsp3) is 0.0156. The molecule has 0 aromatic heterocycles. The van der Waals surface area contributed by atoms with Gasteiger partial charge < -0.3 is 10.7 Å². The van der Waals surface area contributed by atoms with E-state index in [0.29, 0.717) is 17.1 Å². The number of hydrogen-bond donors (Lipinski definition) is 3. The molecule has 68 heavy (non-hydrogen) atoms. The van der Waals surface area contributed by atoms with Gasteiger partial charge in [0.2, 0.25) is 0 Å². The number of fused-ring (bicyclic) bond motifs is 4. The summed E-state index contributed by atoms with van der Waals surface area (Å²) >= 11 is 0. The van der Waals surface area contributed by atoms with Gasteiger partial charge in [-0.05, 0) is 79.4 Å². The van der Waals surface area contributed by atoms with Crippen molar-refractivity contribution in [2.45, 2.75) is 5.41 Å². The number of nitrogens with one attached hydrogen (secondary N) is 3. The van der Waals surface area contributed by atoms with Gasteiger partial charge in [-0.15, -0.1) is 0 Å². The van der Waals surface area contributed by atoms with E-state index in [4.69, 9.17) is 4.99 Å². The van der Waals surface area contributed by atoms with Crippen LogP contribution in [0.5, 0.6) is 0 Å². The molecule has 0 fully saturated rings. The molecule has 11 rings (SSSR count). The van der Waals surface area contributed by atoms with Gasteiger partial charge in [-0.25, -0.2) is 0 Å². The predicted octanol–water partition coefficient (Wildman–Crippen LogP) is 14.6. The van der Waals surface area contributed by atoms with Gasteiger partial charge in [0.1, 0.15) is 0 Å². The molecular formula is C64H46N4. The van der Waals surface area contributed by atoms with Crippen molar-refractivity contribution < 1.29 is 0 Å². The van der Waals surface area contributed by atoms with Crippen LogP contribution >= 0.6 is 0 Å². The fourth-order valence-corrected chi connectivity index (χ4v) is 9.89. The molecule has 322 valence electrons. The lowest BCUT2D eigenvalue weighted by molar-refractivity contribution is 0.768. The van der Waals surface area contributed by atoms with E-state index in [1.54, 1.807) is 0 Å². The van der Waals surface area contributed by atoms with Crippen LogP contribution in [0.1, 0.15) is 66.8 Å². The maximum absolute atomic E-state index is 9.55. The third-order valence-electron chi connectivity index (χ3n) is 13.1. The lowest BCUT2D eigenvalue weighted by atomic mass is 9.67.